The number of benzene rings is 1. The van der Waals surface area contributed by atoms with E-state index in [0.717, 1.165) is 24.8 Å². The zero-order valence-electron chi connectivity index (χ0n) is 15.4. The number of aliphatic hydroxyl groups is 1. The average molecular weight is 368 g/mol. The third-order valence-corrected chi connectivity index (χ3v) is 5.14. The van der Waals surface area contributed by atoms with Gasteiger partial charge in [-0.3, -0.25) is 14.4 Å². The number of Topliss-reactive ketones (excluding diaryl/α,β-unsaturated/α-hetero) is 1. The SMILES string of the molecule is CNC(=O)c1cc(C(=O)CC2CCCC2O)cn(Cc2ccccc2)c1=O. The van der Waals surface area contributed by atoms with E-state index in [-0.39, 0.29) is 30.2 Å². The molecule has 0 spiro atoms. The topological polar surface area (TPSA) is 88.4 Å². The Bertz CT molecular complexity index is 889. The van der Waals surface area contributed by atoms with Crippen LogP contribution in [0.4, 0.5) is 0 Å². The molecule has 1 aliphatic rings. The summed E-state index contributed by atoms with van der Waals surface area (Å²) < 4.78 is 1.40. The summed E-state index contributed by atoms with van der Waals surface area (Å²) in [5.41, 5.74) is 0.739. The molecule has 1 amide bonds. The summed E-state index contributed by atoms with van der Waals surface area (Å²) in [7, 11) is 1.45. The van der Waals surface area contributed by atoms with E-state index in [1.54, 1.807) is 0 Å². The van der Waals surface area contributed by atoms with Gasteiger partial charge < -0.3 is 15.0 Å². The number of rotatable bonds is 6. The quantitative estimate of drug-likeness (QED) is 0.763. The first kappa shape index (κ1) is 19.0. The lowest BCUT2D eigenvalue weighted by atomic mass is 9.95. The Hall–Kier alpha value is -2.73. The minimum atomic E-state index is -0.516. The van der Waals surface area contributed by atoms with Crippen molar-refractivity contribution >= 4 is 11.7 Å². The van der Waals surface area contributed by atoms with Crippen LogP contribution >= 0.6 is 0 Å². The van der Waals surface area contributed by atoms with Crippen molar-refractivity contribution in [2.75, 3.05) is 7.05 Å². The number of carbonyl (C=O) groups excluding carboxylic acids is 2. The highest BCUT2D eigenvalue weighted by molar-refractivity contribution is 6.00. The molecule has 6 heteroatoms. The second-order valence-corrected chi connectivity index (χ2v) is 7.03. The molecule has 1 heterocycles. The molecule has 142 valence electrons. The molecule has 2 atom stereocenters. The first-order chi connectivity index (χ1) is 13.0. The lowest BCUT2D eigenvalue weighted by Gasteiger charge is -2.15. The average Bonchev–Trinajstić information content (AvgIpc) is 3.08. The first-order valence-corrected chi connectivity index (χ1v) is 9.21. The fourth-order valence-electron chi connectivity index (χ4n) is 3.59. The molecular weight excluding hydrogens is 344 g/mol. The number of nitrogens with zero attached hydrogens (tertiary/aromatic N) is 1. The van der Waals surface area contributed by atoms with Crippen molar-refractivity contribution in [1.29, 1.82) is 0 Å². The number of amides is 1. The molecule has 0 bridgehead atoms. The summed E-state index contributed by atoms with van der Waals surface area (Å²) in [5.74, 6) is -0.735. The molecule has 2 unspecified atom stereocenters. The van der Waals surface area contributed by atoms with Gasteiger partial charge in [0, 0.05) is 25.2 Å². The van der Waals surface area contributed by atoms with E-state index in [1.807, 2.05) is 30.3 Å². The van der Waals surface area contributed by atoms with Gasteiger partial charge in [0.05, 0.1) is 12.6 Å². The predicted molar refractivity (Wildman–Crippen MR) is 102 cm³/mol. The van der Waals surface area contributed by atoms with E-state index in [9.17, 15) is 19.5 Å². The number of ketones is 1. The zero-order chi connectivity index (χ0) is 19.4. The lowest BCUT2D eigenvalue weighted by Crippen LogP contribution is -2.32. The maximum absolute atomic E-state index is 12.8. The summed E-state index contributed by atoms with van der Waals surface area (Å²) >= 11 is 0. The van der Waals surface area contributed by atoms with E-state index in [0.29, 0.717) is 5.56 Å². The number of carbonyl (C=O) groups is 2. The Labute approximate surface area is 157 Å². The summed E-state index contributed by atoms with van der Waals surface area (Å²) in [6.45, 7) is 0.275. The maximum Gasteiger partial charge on any atom is 0.263 e. The van der Waals surface area contributed by atoms with Crippen molar-refractivity contribution in [1.82, 2.24) is 9.88 Å². The molecule has 0 aliphatic heterocycles. The van der Waals surface area contributed by atoms with Crippen LogP contribution in [-0.4, -0.2) is 34.5 Å². The molecule has 2 N–H and O–H groups in total. The number of aliphatic hydroxyl groups excluding tert-OH is 1. The van der Waals surface area contributed by atoms with Crippen molar-refractivity contribution in [3.05, 3.63) is 69.6 Å². The number of aromatic nitrogens is 1. The van der Waals surface area contributed by atoms with Crippen molar-refractivity contribution in [3.8, 4) is 0 Å². The highest BCUT2D eigenvalue weighted by Crippen LogP contribution is 2.29. The summed E-state index contributed by atoms with van der Waals surface area (Å²) in [6, 6.07) is 10.8. The Morgan fingerprint density at radius 1 is 1.22 bits per heavy atom. The van der Waals surface area contributed by atoms with Gasteiger partial charge in [0.25, 0.3) is 11.5 Å². The maximum atomic E-state index is 12.8. The summed E-state index contributed by atoms with van der Waals surface area (Å²) in [6.07, 6.45) is 3.73. The van der Waals surface area contributed by atoms with E-state index in [1.165, 1.54) is 23.9 Å². The molecule has 1 fully saturated rings. The van der Waals surface area contributed by atoms with Gasteiger partial charge in [-0.1, -0.05) is 36.8 Å². The van der Waals surface area contributed by atoms with Crippen LogP contribution in [0.25, 0.3) is 0 Å². The van der Waals surface area contributed by atoms with E-state index in [2.05, 4.69) is 5.32 Å². The monoisotopic (exact) mass is 368 g/mol. The van der Waals surface area contributed by atoms with Crippen LogP contribution < -0.4 is 10.9 Å². The van der Waals surface area contributed by atoms with E-state index >= 15 is 0 Å². The van der Waals surface area contributed by atoms with Gasteiger partial charge in [0.1, 0.15) is 5.56 Å². The minimum absolute atomic E-state index is 0.0498. The highest BCUT2D eigenvalue weighted by atomic mass is 16.3. The largest absolute Gasteiger partial charge is 0.393 e. The van der Waals surface area contributed by atoms with Gasteiger partial charge >= 0.3 is 0 Å². The molecule has 1 aliphatic carbocycles. The number of hydrogen-bond acceptors (Lipinski definition) is 4. The Balaban J connectivity index is 1.95. The van der Waals surface area contributed by atoms with Crippen LogP contribution in [-0.2, 0) is 6.54 Å². The van der Waals surface area contributed by atoms with Crippen molar-refractivity contribution in [2.45, 2.75) is 38.3 Å². The van der Waals surface area contributed by atoms with Crippen molar-refractivity contribution in [3.63, 3.8) is 0 Å². The van der Waals surface area contributed by atoms with Gasteiger partial charge in [-0.05, 0) is 30.4 Å². The van der Waals surface area contributed by atoms with Crippen LogP contribution in [0.3, 0.4) is 0 Å². The standard InChI is InChI=1S/C21H24N2O4/c1-22-20(26)17-10-16(19(25)11-15-8-5-9-18(15)24)13-23(21(17)27)12-14-6-3-2-4-7-14/h2-4,6-7,10,13,15,18,24H,5,8-9,11-12H2,1H3,(H,22,26). The molecule has 1 aromatic heterocycles. The third kappa shape index (κ3) is 4.34. The third-order valence-electron chi connectivity index (χ3n) is 5.14. The molecule has 3 rings (SSSR count). The Kier molecular flexibility index (Phi) is 5.86. The summed E-state index contributed by atoms with van der Waals surface area (Å²) in [5, 5.41) is 12.4. The molecular formula is C21H24N2O4. The molecule has 27 heavy (non-hydrogen) atoms. The van der Waals surface area contributed by atoms with Gasteiger partial charge in [0.2, 0.25) is 0 Å². The Morgan fingerprint density at radius 2 is 1.96 bits per heavy atom. The van der Waals surface area contributed by atoms with Crippen LogP contribution in [0.15, 0.2) is 47.4 Å². The summed E-state index contributed by atoms with van der Waals surface area (Å²) in [4.78, 5) is 37.6. The van der Waals surface area contributed by atoms with Crippen molar-refractivity contribution in [2.24, 2.45) is 5.92 Å². The first-order valence-electron chi connectivity index (χ1n) is 9.21. The molecule has 0 radical (unpaired) electrons. The lowest BCUT2D eigenvalue weighted by molar-refractivity contribution is 0.0867. The van der Waals surface area contributed by atoms with E-state index < -0.39 is 17.6 Å². The van der Waals surface area contributed by atoms with Gasteiger partial charge in [-0.2, -0.15) is 0 Å². The van der Waals surface area contributed by atoms with Crippen LogP contribution in [0.1, 0.15) is 52.0 Å². The van der Waals surface area contributed by atoms with Crippen molar-refractivity contribution < 1.29 is 14.7 Å². The second kappa shape index (κ2) is 8.31. The zero-order valence-corrected chi connectivity index (χ0v) is 15.4. The fourth-order valence-corrected chi connectivity index (χ4v) is 3.59. The fraction of sp³-hybridized carbons (Fsp3) is 0.381. The normalized spacial score (nSPS) is 19.0. The van der Waals surface area contributed by atoms with Crippen LogP contribution in [0.5, 0.6) is 0 Å². The van der Waals surface area contributed by atoms with Gasteiger partial charge in [-0.15, -0.1) is 0 Å². The van der Waals surface area contributed by atoms with Gasteiger partial charge in [-0.25, -0.2) is 0 Å². The molecule has 6 nitrogen and oxygen atoms in total. The van der Waals surface area contributed by atoms with Crippen LogP contribution in [0.2, 0.25) is 0 Å². The number of nitrogens with one attached hydrogen (secondary N) is 1. The minimum Gasteiger partial charge on any atom is -0.393 e. The smallest absolute Gasteiger partial charge is 0.263 e. The molecule has 0 saturated heterocycles. The molecule has 1 aromatic carbocycles. The number of pyridine rings is 1. The van der Waals surface area contributed by atoms with Gasteiger partial charge in [0.15, 0.2) is 5.78 Å². The highest BCUT2D eigenvalue weighted by Gasteiger charge is 2.28. The molecule has 2 aromatic rings. The van der Waals surface area contributed by atoms with E-state index in [4.69, 9.17) is 0 Å². The molecule has 1 saturated carbocycles. The predicted octanol–water partition coefficient (Wildman–Crippen LogP) is 1.99. The van der Waals surface area contributed by atoms with Crippen LogP contribution in [0, 0.1) is 5.92 Å². The number of hydrogen-bond donors (Lipinski definition) is 2. The second-order valence-electron chi connectivity index (χ2n) is 7.03. The Morgan fingerprint density at radius 3 is 2.59 bits per heavy atom.